The Bertz CT molecular complexity index is 828. The van der Waals surface area contributed by atoms with Crippen LogP contribution < -0.4 is 0 Å². The summed E-state index contributed by atoms with van der Waals surface area (Å²) in [5, 5.41) is 9.49. The lowest BCUT2D eigenvalue weighted by atomic mass is 9.94. The first-order chi connectivity index (χ1) is 14.1. The van der Waals surface area contributed by atoms with Gasteiger partial charge in [-0.1, -0.05) is 43.3 Å². The highest BCUT2D eigenvalue weighted by Crippen LogP contribution is 2.28. The van der Waals surface area contributed by atoms with Crippen LogP contribution in [0.2, 0.25) is 0 Å². The molecule has 1 unspecified atom stereocenters. The molecule has 0 aromatic heterocycles. The Labute approximate surface area is 174 Å². The molecule has 2 heterocycles. The number of benzene rings is 2. The van der Waals surface area contributed by atoms with Gasteiger partial charge in [0, 0.05) is 19.1 Å². The minimum absolute atomic E-state index is 0.373. The lowest BCUT2D eigenvalue weighted by Crippen LogP contribution is -2.50. The van der Waals surface area contributed by atoms with Crippen molar-refractivity contribution in [2.45, 2.75) is 45.2 Å². The topological polar surface area (TPSA) is 43.8 Å². The van der Waals surface area contributed by atoms with Gasteiger partial charge >= 0.3 is 5.97 Å². The first-order valence-electron chi connectivity index (χ1n) is 11.0. The zero-order valence-electron chi connectivity index (χ0n) is 17.4. The predicted octanol–water partition coefficient (Wildman–Crippen LogP) is 4.75. The summed E-state index contributed by atoms with van der Waals surface area (Å²) < 4.78 is 0. The van der Waals surface area contributed by atoms with Crippen LogP contribution >= 0.6 is 0 Å². The number of rotatable bonds is 5. The summed E-state index contributed by atoms with van der Waals surface area (Å²) in [4.78, 5) is 16.8. The van der Waals surface area contributed by atoms with Gasteiger partial charge in [-0.15, -0.1) is 0 Å². The number of aromatic carboxylic acids is 1. The van der Waals surface area contributed by atoms with Gasteiger partial charge in [-0.05, 0) is 80.1 Å². The third-order valence-corrected chi connectivity index (χ3v) is 6.65. The Balaban J connectivity index is 1.53. The fraction of sp³-hybridized carbons (Fsp3) is 0.480. The molecule has 2 saturated heterocycles. The van der Waals surface area contributed by atoms with Gasteiger partial charge in [0.15, 0.2) is 0 Å². The minimum Gasteiger partial charge on any atom is -0.478 e. The molecule has 2 aliphatic heterocycles. The van der Waals surface area contributed by atoms with Crippen LogP contribution in [0.15, 0.2) is 48.5 Å². The van der Waals surface area contributed by atoms with E-state index in [1.165, 1.54) is 38.8 Å². The molecular formula is C25H32N2O2. The van der Waals surface area contributed by atoms with Gasteiger partial charge in [0.05, 0.1) is 5.56 Å². The zero-order valence-corrected chi connectivity index (χ0v) is 17.4. The summed E-state index contributed by atoms with van der Waals surface area (Å²) in [5.74, 6) is 0.00273. The van der Waals surface area contributed by atoms with Crippen molar-refractivity contribution in [3.63, 3.8) is 0 Å². The number of hydrogen-bond donors (Lipinski definition) is 1. The van der Waals surface area contributed by atoms with Crippen LogP contribution in [0, 0.1) is 5.92 Å². The van der Waals surface area contributed by atoms with Crippen LogP contribution in [0.5, 0.6) is 0 Å². The zero-order chi connectivity index (χ0) is 20.2. The Morgan fingerprint density at radius 2 is 1.79 bits per heavy atom. The lowest BCUT2D eigenvalue weighted by Gasteiger charge is -2.42. The molecule has 2 aromatic rings. The average molecular weight is 393 g/mol. The van der Waals surface area contributed by atoms with Crippen LogP contribution in [-0.4, -0.2) is 53.1 Å². The fourth-order valence-electron chi connectivity index (χ4n) is 4.86. The van der Waals surface area contributed by atoms with E-state index in [1.807, 2.05) is 30.3 Å². The molecule has 0 bridgehead atoms. The smallest absolute Gasteiger partial charge is 0.335 e. The van der Waals surface area contributed by atoms with Crippen LogP contribution in [0.3, 0.4) is 0 Å². The Kier molecular flexibility index (Phi) is 6.31. The third kappa shape index (κ3) is 4.88. The van der Waals surface area contributed by atoms with E-state index in [9.17, 15) is 9.90 Å². The van der Waals surface area contributed by atoms with E-state index in [4.69, 9.17) is 0 Å². The maximum atomic E-state index is 11.6. The molecule has 0 amide bonds. The van der Waals surface area contributed by atoms with Gasteiger partial charge in [0.2, 0.25) is 0 Å². The van der Waals surface area contributed by atoms with Crippen molar-refractivity contribution in [3.8, 4) is 11.1 Å². The molecule has 1 N–H and O–H groups in total. The molecule has 29 heavy (non-hydrogen) atoms. The molecule has 4 heteroatoms. The first-order valence-corrected chi connectivity index (χ1v) is 11.0. The van der Waals surface area contributed by atoms with Crippen molar-refractivity contribution in [3.05, 3.63) is 59.7 Å². The van der Waals surface area contributed by atoms with Crippen molar-refractivity contribution >= 4 is 5.97 Å². The molecule has 4 rings (SSSR count). The number of hydrogen-bond acceptors (Lipinski definition) is 3. The molecule has 154 valence electrons. The second kappa shape index (κ2) is 9.10. The Hall–Kier alpha value is -2.17. The predicted molar refractivity (Wildman–Crippen MR) is 117 cm³/mol. The Morgan fingerprint density at radius 3 is 2.52 bits per heavy atom. The second-order valence-electron chi connectivity index (χ2n) is 8.79. The van der Waals surface area contributed by atoms with Gasteiger partial charge in [-0.2, -0.15) is 0 Å². The van der Waals surface area contributed by atoms with E-state index < -0.39 is 5.97 Å². The number of nitrogens with zero attached hydrogens (tertiary/aromatic N) is 2. The monoisotopic (exact) mass is 392 g/mol. The van der Waals surface area contributed by atoms with E-state index in [0.717, 1.165) is 42.2 Å². The molecular weight excluding hydrogens is 360 g/mol. The highest BCUT2D eigenvalue weighted by molar-refractivity contribution is 5.89. The highest BCUT2D eigenvalue weighted by atomic mass is 16.4. The summed E-state index contributed by atoms with van der Waals surface area (Å²) >= 11 is 0. The van der Waals surface area contributed by atoms with Crippen LogP contribution in [0.1, 0.15) is 48.5 Å². The average Bonchev–Trinajstić information content (AvgIpc) is 2.75. The highest BCUT2D eigenvalue weighted by Gasteiger charge is 2.28. The fourth-order valence-corrected chi connectivity index (χ4v) is 4.86. The van der Waals surface area contributed by atoms with E-state index in [-0.39, 0.29) is 0 Å². The summed E-state index contributed by atoms with van der Waals surface area (Å²) in [5.41, 5.74) is 3.78. The number of carbonyl (C=O) groups is 1. The van der Waals surface area contributed by atoms with E-state index in [0.29, 0.717) is 11.6 Å². The van der Waals surface area contributed by atoms with Crippen LogP contribution in [-0.2, 0) is 6.54 Å². The van der Waals surface area contributed by atoms with Gasteiger partial charge in [-0.25, -0.2) is 4.79 Å². The van der Waals surface area contributed by atoms with Crippen LogP contribution in [0.25, 0.3) is 11.1 Å². The van der Waals surface area contributed by atoms with Gasteiger partial charge < -0.3 is 5.11 Å². The van der Waals surface area contributed by atoms with Gasteiger partial charge in [0.25, 0.3) is 0 Å². The number of piperidine rings is 2. The molecule has 4 nitrogen and oxygen atoms in total. The van der Waals surface area contributed by atoms with E-state index in [1.54, 1.807) is 6.07 Å². The third-order valence-electron chi connectivity index (χ3n) is 6.65. The maximum absolute atomic E-state index is 11.6. The lowest BCUT2D eigenvalue weighted by molar-refractivity contribution is 0.0678. The number of carboxylic acid groups (broad SMARTS) is 1. The molecule has 0 aliphatic carbocycles. The van der Waals surface area contributed by atoms with Crippen molar-refractivity contribution in [2.75, 3.05) is 26.2 Å². The molecule has 1 atom stereocenters. The minimum atomic E-state index is -0.857. The number of carboxylic acids is 1. The number of likely N-dealkylation sites (tertiary alicyclic amines) is 2. The molecule has 2 fully saturated rings. The SMILES string of the molecule is CC1CCN(C2CCCN(Cc3cc(C(=O)O)ccc3-c3ccccc3)C2)CC1. The summed E-state index contributed by atoms with van der Waals surface area (Å²) in [6, 6.07) is 16.5. The maximum Gasteiger partial charge on any atom is 0.335 e. The van der Waals surface area contributed by atoms with Crippen molar-refractivity contribution in [1.82, 2.24) is 9.80 Å². The molecule has 2 aromatic carbocycles. The van der Waals surface area contributed by atoms with Gasteiger partial charge in [-0.3, -0.25) is 9.80 Å². The first kappa shape index (κ1) is 20.1. The quantitative estimate of drug-likeness (QED) is 0.798. The summed E-state index contributed by atoms with van der Waals surface area (Å²) in [6.07, 6.45) is 5.13. The molecule has 0 radical (unpaired) electrons. The standard InChI is InChI=1S/C25H32N2O2/c1-19-11-14-27(15-12-19)23-8-5-13-26(18-23)17-22-16-21(25(28)29)9-10-24(22)20-6-3-2-4-7-20/h2-4,6-7,9-10,16,19,23H,5,8,11-15,17-18H2,1H3,(H,28,29). The Morgan fingerprint density at radius 1 is 1.03 bits per heavy atom. The summed E-state index contributed by atoms with van der Waals surface area (Å²) in [7, 11) is 0. The molecule has 2 aliphatic rings. The van der Waals surface area contributed by atoms with Crippen LogP contribution in [0.4, 0.5) is 0 Å². The molecule has 0 saturated carbocycles. The van der Waals surface area contributed by atoms with E-state index >= 15 is 0 Å². The van der Waals surface area contributed by atoms with Crippen molar-refractivity contribution in [2.24, 2.45) is 5.92 Å². The van der Waals surface area contributed by atoms with E-state index in [2.05, 4.69) is 28.9 Å². The molecule has 0 spiro atoms. The second-order valence-corrected chi connectivity index (χ2v) is 8.79. The van der Waals surface area contributed by atoms with Crippen molar-refractivity contribution in [1.29, 1.82) is 0 Å². The largest absolute Gasteiger partial charge is 0.478 e. The summed E-state index contributed by atoms with van der Waals surface area (Å²) in [6.45, 7) is 7.80. The van der Waals surface area contributed by atoms with Crippen molar-refractivity contribution < 1.29 is 9.90 Å². The van der Waals surface area contributed by atoms with Gasteiger partial charge in [0.1, 0.15) is 0 Å². The normalized spacial score (nSPS) is 21.9.